The Morgan fingerprint density at radius 1 is 0.211 bits per heavy atom. The first-order valence-electron chi connectivity index (χ1n) is 38.6. The average Bonchev–Trinajstić information content (AvgIpc) is 0.678. The van der Waals surface area contributed by atoms with Crippen molar-refractivity contribution >= 4 is 57.2 Å². The molecule has 15 aromatic rings. The summed E-state index contributed by atoms with van der Waals surface area (Å²) < 4.78 is 0. The van der Waals surface area contributed by atoms with Gasteiger partial charge in [0.2, 0.25) is 0 Å². The van der Waals surface area contributed by atoms with E-state index in [-0.39, 0.29) is 28.4 Å². The van der Waals surface area contributed by atoms with E-state index in [1.807, 2.05) is 0 Å². The van der Waals surface area contributed by atoms with Gasteiger partial charge < -0.3 is 9.80 Å². The summed E-state index contributed by atoms with van der Waals surface area (Å²) >= 11 is 0. The van der Waals surface area contributed by atoms with Crippen LogP contribution in [0.25, 0.3) is 112 Å². The van der Waals surface area contributed by atoms with Gasteiger partial charge in [-0.25, -0.2) is 9.97 Å². The van der Waals surface area contributed by atoms with Crippen molar-refractivity contribution in [2.45, 2.75) is 105 Å². The molecular formula is C104H91BN4. The molecule has 0 aliphatic carbocycles. The summed E-state index contributed by atoms with van der Waals surface area (Å²) in [6.07, 6.45) is 0. The van der Waals surface area contributed by atoms with Crippen LogP contribution in [-0.2, 0) is 21.7 Å². The summed E-state index contributed by atoms with van der Waals surface area (Å²) in [6.45, 7) is 27.8. The molecule has 530 valence electrons. The first-order valence-corrected chi connectivity index (χ1v) is 38.6. The lowest BCUT2D eigenvalue weighted by molar-refractivity contribution is 0.568. The average molecular weight is 1410 g/mol. The SMILES string of the molecule is CC(C)(C)c1cc(-c2ccc3c(c2)N(c2c(-c4ccccc4)cccc2-c2ccccc2)c2c(-c4cccc(-c5ccccc5)n4)cc(-c4cccc(-c5ccccc5)n4)c4c2B3c2ccc(-c3cc(C(C)(C)C)cc(C(C)(C)C)c3)cc2N4c2c(-c3ccccc3)cccc2-c2ccccc2)cc(C(C)(C)C)c1. The van der Waals surface area contributed by atoms with Gasteiger partial charge >= 0.3 is 0 Å². The zero-order valence-corrected chi connectivity index (χ0v) is 64.6. The molecule has 17 rings (SSSR count). The smallest absolute Gasteiger partial charge is 0.252 e. The van der Waals surface area contributed by atoms with E-state index in [1.54, 1.807) is 0 Å². The van der Waals surface area contributed by atoms with E-state index in [0.29, 0.717) is 0 Å². The van der Waals surface area contributed by atoms with E-state index >= 15 is 0 Å². The van der Waals surface area contributed by atoms with Crippen molar-refractivity contribution in [1.82, 2.24) is 9.97 Å². The van der Waals surface area contributed by atoms with Gasteiger partial charge in [0, 0.05) is 55.9 Å². The number of nitrogens with zero attached hydrogens (tertiary/aromatic N) is 4. The Bertz CT molecular complexity index is 5400. The van der Waals surface area contributed by atoms with Crippen LogP contribution >= 0.6 is 0 Å². The predicted octanol–water partition coefficient (Wildman–Crippen LogP) is 26.4. The minimum absolute atomic E-state index is 0.132. The Balaban J connectivity index is 1.12. The van der Waals surface area contributed by atoms with Crippen LogP contribution in [0.1, 0.15) is 105 Å². The van der Waals surface area contributed by atoms with E-state index in [9.17, 15) is 0 Å². The van der Waals surface area contributed by atoms with E-state index in [4.69, 9.17) is 9.97 Å². The van der Waals surface area contributed by atoms with Gasteiger partial charge in [0.1, 0.15) is 0 Å². The minimum Gasteiger partial charge on any atom is -0.309 e. The van der Waals surface area contributed by atoms with Crippen molar-refractivity contribution in [2.24, 2.45) is 0 Å². The second-order valence-corrected chi connectivity index (χ2v) is 33.7. The Hall–Kier alpha value is -12.2. The molecular weight excluding hydrogens is 1320 g/mol. The minimum atomic E-state index is -0.385. The van der Waals surface area contributed by atoms with Crippen LogP contribution in [0.2, 0.25) is 0 Å². The first kappa shape index (κ1) is 69.8. The lowest BCUT2D eigenvalue weighted by Gasteiger charge is -2.47. The summed E-state index contributed by atoms with van der Waals surface area (Å²) in [4.78, 5) is 17.3. The molecule has 2 aliphatic rings. The van der Waals surface area contributed by atoms with Gasteiger partial charge in [-0.2, -0.15) is 0 Å². The molecule has 0 amide bonds. The lowest BCUT2D eigenvalue weighted by Crippen LogP contribution is -2.61. The molecule has 0 unspecified atom stereocenters. The fraction of sp³-hybridized carbons (Fsp3) is 0.154. The Morgan fingerprint density at radius 2 is 0.486 bits per heavy atom. The van der Waals surface area contributed by atoms with E-state index in [0.717, 1.165) is 140 Å². The number of aromatic nitrogens is 2. The molecule has 2 aromatic heterocycles. The van der Waals surface area contributed by atoms with Gasteiger partial charge in [0.15, 0.2) is 0 Å². The highest BCUT2D eigenvalue weighted by atomic mass is 15.2. The third kappa shape index (κ3) is 13.1. The molecule has 4 heterocycles. The molecule has 4 nitrogen and oxygen atoms in total. The van der Waals surface area contributed by atoms with Crippen LogP contribution < -0.4 is 26.2 Å². The zero-order valence-electron chi connectivity index (χ0n) is 64.6. The van der Waals surface area contributed by atoms with Crippen molar-refractivity contribution in [3.8, 4) is 112 Å². The number of fused-ring (bicyclic) bond motifs is 4. The zero-order chi connectivity index (χ0) is 75.1. The number of anilines is 6. The molecule has 0 radical (unpaired) electrons. The second kappa shape index (κ2) is 27.6. The molecule has 0 fully saturated rings. The van der Waals surface area contributed by atoms with Crippen LogP contribution in [0.4, 0.5) is 34.1 Å². The van der Waals surface area contributed by atoms with Gasteiger partial charge in [-0.05, 0) is 147 Å². The van der Waals surface area contributed by atoms with Crippen LogP contribution in [0.5, 0.6) is 0 Å². The summed E-state index contributed by atoms with van der Waals surface area (Å²) in [6, 6.07) is 125. The monoisotopic (exact) mass is 1410 g/mol. The molecule has 109 heavy (non-hydrogen) atoms. The Morgan fingerprint density at radius 3 is 0.780 bits per heavy atom. The largest absolute Gasteiger partial charge is 0.309 e. The third-order valence-corrected chi connectivity index (χ3v) is 22.3. The molecule has 0 saturated heterocycles. The summed E-state index contributed by atoms with van der Waals surface area (Å²) in [7, 11) is 0. The van der Waals surface area contributed by atoms with Gasteiger partial charge in [-0.3, -0.25) is 0 Å². The fourth-order valence-corrected chi connectivity index (χ4v) is 16.3. The number of hydrogen-bond donors (Lipinski definition) is 0. The van der Waals surface area contributed by atoms with Crippen LogP contribution in [0.15, 0.2) is 334 Å². The molecule has 13 aromatic carbocycles. The number of para-hydroxylation sites is 2. The van der Waals surface area contributed by atoms with Crippen molar-refractivity contribution in [3.05, 3.63) is 356 Å². The highest BCUT2D eigenvalue weighted by Crippen LogP contribution is 2.58. The van der Waals surface area contributed by atoms with Crippen LogP contribution in [-0.4, -0.2) is 16.7 Å². The second-order valence-electron chi connectivity index (χ2n) is 33.7. The van der Waals surface area contributed by atoms with Gasteiger partial charge in [0.25, 0.3) is 6.71 Å². The topological polar surface area (TPSA) is 32.3 Å². The third-order valence-electron chi connectivity index (χ3n) is 22.3. The van der Waals surface area contributed by atoms with Crippen LogP contribution in [0.3, 0.4) is 0 Å². The van der Waals surface area contributed by atoms with Gasteiger partial charge in [0.05, 0.1) is 45.5 Å². The van der Waals surface area contributed by atoms with E-state index in [2.05, 4.69) is 427 Å². The Kier molecular flexibility index (Phi) is 17.7. The molecule has 0 atom stereocenters. The van der Waals surface area contributed by atoms with Crippen LogP contribution in [0, 0.1) is 0 Å². The standard InChI is InChI=1S/C104H91BN4/c1-101(2,3)78-59-76(60-79(65-78)102(4,5)6)74-55-57-88-94(63-74)108(97-82(68-35-19-13-20-36-68)47-31-48-83(97)69-37-21-14-22-38-69)99-86(92-53-33-51-90(106-92)72-43-27-17-28-44-72)67-87(93-54-34-52-91(107-93)73-45-29-18-30-46-73)100-96(99)105(88)89-58-56-75(77-61-80(103(7,8)9)66-81(62-77)104(10,11)12)64-95(89)109(100)98-84(70-39-23-15-24-40-70)49-32-50-85(98)71-41-25-16-26-42-71/h13-67H,1-12H3. The molecule has 0 bridgehead atoms. The maximum Gasteiger partial charge on any atom is 0.252 e. The quantitative estimate of drug-likeness (QED) is 0.114. The van der Waals surface area contributed by atoms with Crippen molar-refractivity contribution < 1.29 is 0 Å². The maximum atomic E-state index is 5.96. The highest BCUT2D eigenvalue weighted by molar-refractivity contribution is 7.00. The van der Waals surface area contributed by atoms with Crippen molar-refractivity contribution in [2.75, 3.05) is 9.80 Å². The molecule has 5 heteroatoms. The van der Waals surface area contributed by atoms with E-state index < -0.39 is 0 Å². The van der Waals surface area contributed by atoms with Crippen molar-refractivity contribution in [1.29, 1.82) is 0 Å². The maximum absolute atomic E-state index is 5.96. The Labute approximate surface area is 645 Å². The lowest BCUT2D eigenvalue weighted by atomic mass is 9.33. The predicted molar refractivity (Wildman–Crippen MR) is 465 cm³/mol. The molecule has 0 saturated carbocycles. The van der Waals surface area contributed by atoms with Gasteiger partial charge in [-0.1, -0.05) is 374 Å². The fourth-order valence-electron chi connectivity index (χ4n) is 16.3. The number of hydrogen-bond acceptors (Lipinski definition) is 4. The number of rotatable bonds is 12. The number of pyridine rings is 2. The highest BCUT2D eigenvalue weighted by Gasteiger charge is 2.48. The number of benzene rings is 13. The van der Waals surface area contributed by atoms with Gasteiger partial charge in [-0.15, -0.1) is 0 Å². The summed E-state index contributed by atoms with van der Waals surface area (Å²) in [5.74, 6) is 0. The first-order chi connectivity index (χ1) is 52.6. The summed E-state index contributed by atoms with van der Waals surface area (Å²) in [5, 5.41) is 0. The molecule has 2 aliphatic heterocycles. The van der Waals surface area contributed by atoms with E-state index in [1.165, 1.54) is 44.3 Å². The van der Waals surface area contributed by atoms with Crippen molar-refractivity contribution in [3.63, 3.8) is 0 Å². The normalized spacial score (nSPS) is 12.7. The summed E-state index contributed by atoms with van der Waals surface area (Å²) in [5.41, 5.74) is 35.5. The molecule has 0 spiro atoms. The molecule has 0 N–H and O–H groups in total.